The minimum atomic E-state index is 0.963. The molecule has 0 aromatic heterocycles. The smallest absolute Gasteiger partial charge is 0.0205 e. The van der Waals surface area contributed by atoms with Gasteiger partial charge in [-0.3, -0.25) is 0 Å². The largest absolute Gasteiger partial charge is 0.312 e. The fraction of sp³-hybridized carbons (Fsp3) is 0.375. The number of hydrogen-bond donors (Lipinski definition) is 1. The Morgan fingerprint density at radius 3 is 2.53 bits per heavy atom. The molecule has 92 valence electrons. The van der Waals surface area contributed by atoms with Crippen LogP contribution in [0, 0.1) is 0 Å². The lowest BCUT2D eigenvalue weighted by Gasteiger charge is -2.02. The maximum Gasteiger partial charge on any atom is 0.0205 e. The highest BCUT2D eigenvalue weighted by Gasteiger charge is 1.88. The Bertz CT molecular complexity index is 314. The number of nitrogens with one attached hydrogen (secondary N) is 1. The van der Waals surface area contributed by atoms with Crippen molar-refractivity contribution in [3.8, 4) is 0 Å². The van der Waals surface area contributed by atoms with Crippen LogP contribution in [0.25, 0.3) is 0 Å². The van der Waals surface area contributed by atoms with Crippen molar-refractivity contribution in [1.82, 2.24) is 5.32 Å². The predicted molar refractivity (Wildman–Crippen MR) is 76.0 cm³/mol. The lowest BCUT2D eigenvalue weighted by Crippen LogP contribution is -2.13. The van der Waals surface area contributed by atoms with E-state index in [0.29, 0.717) is 0 Å². The molecule has 1 aromatic carbocycles. The van der Waals surface area contributed by atoms with E-state index in [1.54, 1.807) is 0 Å². The topological polar surface area (TPSA) is 12.0 Å². The normalized spacial score (nSPS) is 10.8. The molecule has 17 heavy (non-hydrogen) atoms. The van der Waals surface area contributed by atoms with Gasteiger partial charge in [-0.1, -0.05) is 48.6 Å². The molecule has 0 aliphatic rings. The monoisotopic (exact) mass is 229 g/mol. The molecule has 0 atom stereocenters. The minimum absolute atomic E-state index is 0.963. The van der Waals surface area contributed by atoms with Crippen molar-refractivity contribution in [1.29, 1.82) is 0 Å². The molecule has 0 fully saturated rings. The van der Waals surface area contributed by atoms with Gasteiger partial charge in [-0.25, -0.2) is 0 Å². The molecular formula is C16H23N. The zero-order chi connectivity index (χ0) is 12.2. The average Bonchev–Trinajstić information content (AvgIpc) is 2.38. The maximum atomic E-state index is 3.71. The molecule has 0 aliphatic heterocycles. The zero-order valence-corrected chi connectivity index (χ0v) is 10.6. The summed E-state index contributed by atoms with van der Waals surface area (Å²) in [5.41, 5.74) is 1.35. The number of unbranched alkanes of at least 4 members (excludes halogenated alkanes) is 2. The number of benzene rings is 1. The van der Waals surface area contributed by atoms with Crippen molar-refractivity contribution in [2.45, 2.75) is 32.2 Å². The van der Waals surface area contributed by atoms with Crippen molar-refractivity contribution < 1.29 is 0 Å². The predicted octanol–water partition coefficient (Wildman–Crippen LogP) is 4.08. The molecule has 0 spiro atoms. The van der Waals surface area contributed by atoms with Crippen molar-refractivity contribution in [2.24, 2.45) is 0 Å². The summed E-state index contributed by atoms with van der Waals surface area (Å²) in [6, 6.07) is 10.5. The fourth-order valence-electron chi connectivity index (χ4n) is 1.63. The molecular weight excluding hydrogens is 206 g/mol. The molecule has 0 saturated carbocycles. The number of allylic oxidation sites excluding steroid dienone is 2. The van der Waals surface area contributed by atoms with E-state index < -0.39 is 0 Å². The second kappa shape index (κ2) is 9.86. The van der Waals surface area contributed by atoms with Crippen molar-refractivity contribution in [3.05, 3.63) is 60.7 Å². The van der Waals surface area contributed by atoms with Crippen LogP contribution in [0.3, 0.4) is 0 Å². The van der Waals surface area contributed by atoms with E-state index in [0.717, 1.165) is 25.9 Å². The average molecular weight is 229 g/mol. The SMILES string of the molecule is C=CCCC/C=C/CCNCc1ccccc1. The molecule has 0 aliphatic carbocycles. The van der Waals surface area contributed by atoms with Crippen LogP contribution in [0.15, 0.2) is 55.1 Å². The van der Waals surface area contributed by atoms with E-state index in [1.807, 2.05) is 6.08 Å². The Morgan fingerprint density at radius 1 is 1.00 bits per heavy atom. The molecule has 1 rings (SSSR count). The molecule has 1 nitrogen and oxygen atoms in total. The molecule has 0 bridgehead atoms. The highest BCUT2D eigenvalue weighted by atomic mass is 14.8. The van der Waals surface area contributed by atoms with Crippen LogP contribution in [-0.4, -0.2) is 6.54 Å². The number of rotatable bonds is 9. The summed E-state index contributed by atoms with van der Waals surface area (Å²) in [6.07, 6.45) is 11.1. The van der Waals surface area contributed by atoms with Gasteiger partial charge in [0, 0.05) is 6.54 Å². The summed E-state index contributed by atoms with van der Waals surface area (Å²) in [7, 11) is 0. The molecule has 0 saturated heterocycles. The third-order valence-corrected chi connectivity index (χ3v) is 2.61. The highest BCUT2D eigenvalue weighted by molar-refractivity contribution is 5.14. The Morgan fingerprint density at radius 2 is 1.76 bits per heavy atom. The number of hydrogen-bond acceptors (Lipinski definition) is 1. The lowest BCUT2D eigenvalue weighted by atomic mass is 10.2. The molecule has 1 aromatic rings. The summed E-state index contributed by atoms with van der Waals surface area (Å²) < 4.78 is 0. The van der Waals surface area contributed by atoms with Gasteiger partial charge in [-0.2, -0.15) is 0 Å². The van der Waals surface area contributed by atoms with Gasteiger partial charge in [-0.05, 0) is 37.8 Å². The van der Waals surface area contributed by atoms with Crippen molar-refractivity contribution in [2.75, 3.05) is 6.54 Å². The quantitative estimate of drug-likeness (QED) is 0.497. The van der Waals surface area contributed by atoms with Crippen LogP contribution in [0.2, 0.25) is 0 Å². The van der Waals surface area contributed by atoms with Gasteiger partial charge in [-0.15, -0.1) is 6.58 Å². The summed E-state index contributed by atoms with van der Waals surface area (Å²) in [4.78, 5) is 0. The molecule has 0 unspecified atom stereocenters. The van der Waals surface area contributed by atoms with Gasteiger partial charge in [0.1, 0.15) is 0 Å². The van der Waals surface area contributed by atoms with Crippen molar-refractivity contribution >= 4 is 0 Å². The molecule has 1 heteroatoms. The first-order valence-corrected chi connectivity index (χ1v) is 6.44. The highest BCUT2D eigenvalue weighted by Crippen LogP contribution is 1.98. The van der Waals surface area contributed by atoms with Crippen LogP contribution in [-0.2, 0) is 6.54 Å². The first-order chi connectivity index (χ1) is 8.43. The Balaban J connectivity index is 1.96. The Kier molecular flexibility index (Phi) is 7.96. The van der Waals surface area contributed by atoms with Gasteiger partial charge in [0.05, 0.1) is 0 Å². The van der Waals surface area contributed by atoms with E-state index >= 15 is 0 Å². The third kappa shape index (κ3) is 7.53. The molecule has 1 N–H and O–H groups in total. The summed E-state index contributed by atoms with van der Waals surface area (Å²) in [5.74, 6) is 0. The van der Waals surface area contributed by atoms with E-state index in [2.05, 4.69) is 54.4 Å². The van der Waals surface area contributed by atoms with Crippen LogP contribution in [0.5, 0.6) is 0 Å². The summed E-state index contributed by atoms with van der Waals surface area (Å²) >= 11 is 0. The van der Waals surface area contributed by atoms with Gasteiger partial charge >= 0.3 is 0 Å². The first kappa shape index (κ1) is 13.7. The van der Waals surface area contributed by atoms with Crippen LogP contribution < -0.4 is 5.32 Å². The Hall–Kier alpha value is -1.34. The second-order valence-electron chi connectivity index (χ2n) is 4.14. The van der Waals surface area contributed by atoms with E-state index in [9.17, 15) is 0 Å². The van der Waals surface area contributed by atoms with Gasteiger partial charge in [0.25, 0.3) is 0 Å². The van der Waals surface area contributed by atoms with E-state index in [4.69, 9.17) is 0 Å². The van der Waals surface area contributed by atoms with Gasteiger partial charge in [0.15, 0.2) is 0 Å². The van der Waals surface area contributed by atoms with Crippen LogP contribution in [0.1, 0.15) is 31.2 Å². The fourth-order valence-corrected chi connectivity index (χ4v) is 1.63. The van der Waals surface area contributed by atoms with Crippen LogP contribution in [0.4, 0.5) is 0 Å². The summed E-state index contributed by atoms with van der Waals surface area (Å²) in [6.45, 7) is 5.73. The van der Waals surface area contributed by atoms with E-state index in [-0.39, 0.29) is 0 Å². The van der Waals surface area contributed by atoms with Gasteiger partial charge in [0.2, 0.25) is 0 Å². The minimum Gasteiger partial charge on any atom is -0.312 e. The Labute approximate surface area is 105 Å². The third-order valence-electron chi connectivity index (χ3n) is 2.61. The van der Waals surface area contributed by atoms with Gasteiger partial charge < -0.3 is 5.32 Å². The summed E-state index contributed by atoms with van der Waals surface area (Å²) in [5, 5.41) is 3.44. The molecule has 0 heterocycles. The molecule has 0 radical (unpaired) electrons. The standard InChI is InChI=1S/C16H23N/c1-2-3-4-5-6-7-11-14-17-15-16-12-9-8-10-13-16/h2,6-10,12-13,17H,1,3-5,11,14-15H2/b7-6+. The van der Waals surface area contributed by atoms with Crippen LogP contribution >= 0.6 is 0 Å². The molecule has 0 amide bonds. The zero-order valence-electron chi connectivity index (χ0n) is 10.6. The lowest BCUT2D eigenvalue weighted by molar-refractivity contribution is 0.694. The second-order valence-corrected chi connectivity index (χ2v) is 4.14. The van der Waals surface area contributed by atoms with Crippen molar-refractivity contribution in [3.63, 3.8) is 0 Å². The maximum absolute atomic E-state index is 3.71. The first-order valence-electron chi connectivity index (χ1n) is 6.44. The van der Waals surface area contributed by atoms with E-state index in [1.165, 1.54) is 18.4 Å².